The van der Waals surface area contributed by atoms with Gasteiger partial charge in [0.1, 0.15) is 5.75 Å². The van der Waals surface area contributed by atoms with Crippen molar-refractivity contribution in [1.82, 2.24) is 0 Å². The quantitative estimate of drug-likeness (QED) is 0.236. The van der Waals surface area contributed by atoms with Crippen LogP contribution in [0.25, 0.3) is 12.2 Å². The average Bonchev–Trinajstić information content (AvgIpc) is 2.89. The summed E-state index contributed by atoms with van der Waals surface area (Å²) in [4.78, 5) is 26.8. The fourth-order valence-electron chi connectivity index (χ4n) is 4.44. The van der Waals surface area contributed by atoms with Gasteiger partial charge in [-0.1, -0.05) is 76.6 Å². The zero-order valence-electron chi connectivity index (χ0n) is 20.1. The lowest BCUT2D eigenvalue weighted by Crippen LogP contribution is -2.34. The number of hydrogen-bond donors (Lipinski definition) is 1. The van der Waals surface area contributed by atoms with Crippen molar-refractivity contribution in [3.05, 3.63) is 106 Å². The average molecular weight is 544 g/mol. The SMILES string of the molecule is O=C(C=Cc1ccc(O)cc1)CC(=O)C=Cc1ccc(N2CCC(Cc3ccccc3)CC2)cc1Br. The number of aromatic hydroxyl groups is 1. The largest absolute Gasteiger partial charge is 0.508 e. The number of carbonyl (C=O) groups is 2. The van der Waals surface area contributed by atoms with Crippen LogP contribution in [0.1, 0.15) is 36.0 Å². The number of ketones is 2. The number of benzene rings is 3. The van der Waals surface area contributed by atoms with Gasteiger partial charge in [0, 0.05) is 23.2 Å². The maximum absolute atomic E-state index is 12.3. The fourth-order valence-corrected chi connectivity index (χ4v) is 4.94. The van der Waals surface area contributed by atoms with Gasteiger partial charge < -0.3 is 10.0 Å². The second-order valence-electron chi connectivity index (χ2n) is 9.19. The van der Waals surface area contributed by atoms with Crippen LogP contribution in [0.4, 0.5) is 5.69 Å². The smallest absolute Gasteiger partial charge is 0.163 e. The summed E-state index contributed by atoms with van der Waals surface area (Å²) < 4.78 is 0.925. The Hall–Kier alpha value is -3.44. The molecule has 1 N–H and O–H groups in total. The van der Waals surface area contributed by atoms with Crippen LogP contribution in [0.2, 0.25) is 0 Å². The van der Waals surface area contributed by atoms with Crippen LogP contribution in [0.3, 0.4) is 0 Å². The maximum Gasteiger partial charge on any atom is 0.163 e. The second-order valence-corrected chi connectivity index (χ2v) is 10.0. The minimum Gasteiger partial charge on any atom is -0.508 e. The van der Waals surface area contributed by atoms with E-state index in [1.165, 1.54) is 36.2 Å². The summed E-state index contributed by atoms with van der Waals surface area (Å²) >= 11 is 3.64. The number of phenolic OH excluding ortho intramolecular Hbond substituents is 1. The Morgan fingerprint density at radius 1 is 0.889 bits per heavy atom. The van der Waals surface area contributed by atoms with Crippen molar-refractivity contribution in [1.29, 1.82) is 0 Å². The lowest BCUT2D eigenvalue weighted by Gasteiger charge is -2.34. The summed E-state index contributed by atoms with van der Waals surface area (Å²) in [7, 11) is 0. The van der Waals surface area contributed by atoms with Crippen LogP contribution in [0.5, 0.6) is 5.75 Å². The molecular formula is C31H30BrNO3. The van der Waals surface area contributed by atoms with Gasteiger partial charge in [-0.25, -0.2) is 0 Å². The van der Waals surface area contributed by atoms with Crippen LogP contribution < -0.4 is 4.90 Å². The molecule has 4 rings (SSSR count). The lowest BCUT2D eigenvalue weighted by molar-refractivity contribution is -0.121. The molecule has 1 aliphatic heterocycles. The van der Waals surface area contributed by atoms with E-state index in [0.29, 0.717) is 0 Å². The van der Waals surface area contributed by atoms with Gasteiger partial charge in [0.15, 0.2) is 11.6 Å². The molecule has 3 aromatic carbocycles. The summed E-state index contributed by atoms with van der Waals surface area (Å²) in [5.74, 6) is 0.384. The Bertz CT molecular complexity index is 1240. The van der Waals surface area contributed by atoms with Crippen LogP contribution in [-0.2, 0) is 16.0 Å². The standard InChI is InChI=1S/C31H30BrNO3/c32-31-21-27(33-18-16-25(17-19-33)20-24-4-2-1-3-5-24)11-9-26(31)10-15-30(36)22-29(35)14-8-23-6-12-28(34)13-7-23/h1-15,21,25,34H,16-20,22H2. The lowest BCUT2D eigenvalue weighted by atomic mass is 9.90. The number of nitrogens with zero attached hydrogens (tertiary/aromatic N) is 1. The zero-order chi connectivity index (χ0) is 25.3. The minimum atomic E-state index is -0.261. The van der Waals surface area contributed by atoms with Crippen molar-refractivity contribution in [2.75, 3.05) is 18.0 Å². The first kappa shape index (κ1) is 25.6. The van der Waals surface area contributed by atoms with Gasteiger partial charge in [-0.3, -0.25) is 9.59 Å². The summed E-state index contributed by atoms with van der Waals surface area (Å²) in [6, 6.07) is 23.4. The highest BCUT2D eigenvalue weighted by Crippen LogP contribution is 2.29. The summed E-state index contributed by atoms with van der Waals surface area (Å²) in [5.41, 5.74) is 4.28. The predicted molar refractivity (Wildman–Crippen MR) is 150 cm³/mol. The van der Waals surface area contributed by atoms with Crippen LogP contribution in [0, 0.1) is 5.92 Å². The first-order valence-corrected chi connectivity index (χ1v) is 13.0. The topological polar surface area (TPSA) is 57.6 Å². The van der Waals surface area contributed by atoms with Crippen molar-refractivity contribution in [3.8, 4) is 5.75 Å². The summed E-state index contributed by atoms with van der Waals surface area (Å²) in [5, 5.41) is 9.31. The predicted octanol–water partition coefficient (Wildman–Crippen LogP) is 6.87. The molecule has 0 amide bonds. The number of rotatable bonds is 9. The van der Waals surface area contributed by atoms with Crippen molar-refractivity contribution < 1.29 is 14.7 Å². The molecular weight excluding hydrogens is 514 g/mol. The molecule has 0 saturated carbocycles. The van der Waals surface area contributed by atoms with E-state index in [9.17, 15) is 14.7 Å². The van der Waals surface area contributed by atoms with Gasteiger partial charge in [0.05, 0.1) is 6.42 Å². The normalized spacial score (nSPS) is 14.5. The molecule has 1 heterocycles. The van der Waals surface area contributed by atoms with Gasteiger partial charge in [-0.05, 0) is 78.3 Å². The molecule has 36 heavy (non-hydrogen) atoms. The molecule has 184 valence electrons. The Balaban J connectivity index is 1.27. The van der Waals surface area contributed by atoms with Crippen molar-refractivity contribution >= 4 is 45.3 Å². The minimum absolute atomic E-state index is 0.168. The molecule has 1 fully saturated rings. The maximum atomic E-state index is 12.3. The van der Waals surface area contributed by atoms with E-state index in [0.717, 1.165) is 41.0 Å². The number of phenols is 1. The second kappa shape index (κ2) is 12.5. The van der Waals surface area contributed by atoms with E-state index in [4.69, 9.17) is 0 Å². The van der Waals surface area contributed by atoms with E-state index in [1.807, 2.05) is 6.07 Å². The monoisotopic (exact) mass is 543 g/mol. The van der Waals surface area contributed by atoms with Gasteiger partial charge in [-0.15, -0.1) is 0 Å². The number of piperidine rings is 1. The third-order valence-corrected chi connectivity index (χ3v) is 7.17. The molecule has 5 heteroatoms. The van der Waals surface area contributed by atoms with Crippen molar-refractivity contribution in [2.45, 2.75) is 25.7 Å². The number of halogens is 1. The van der Waals surface area contributed by atoms with E-state index in [-0.39, 0.29) is 23.7 Å². The highest BCUT2D eigenvalue weighted by atomic mass is 79.9. The molecule has 0 aliphatic carbocycles. The van der Waals surface area contributed by atoms with E-state index < -0.39 is 0 Å². The molecule has 0 radical (unpaired) electrons. The molecule has 4 nitrogen and oxygen atoms in total. The van der Waals surface area contributed by atoms with Crippen LogP contribution in [-0.4, -0.2) is 29.8 Å². The molecule has 0 spiro atoms. The first-order chi connectivity index (χ1) is 17.5. The molecule has 0 unspecified atom stereocenters. The third-order valence-electron chi connectivity index (χ3n) is 6.48. The van der Waals surface area contributed by atoms with Crippen molar-refractivity contribution in [2.24, 2.45) is 5.92 Å². The third kappa shape index (κ3) is 7.53. The fraction of sp³-hybridized carbons (Fsp3) is 0.226. The zero-order valence-corrected chi connectivity index (χ0v) is 21.7. The first-order valence-electron chi connectivity index (χ1n) is 12.3. The van der Waals surface area contributed by atoms with E-state index in [2.05, 4.69) is 63.3 Å². The number of hydrogen-bond acceptors (Lipinski definition) is 4. The van der Waals surface area contributed by atoms with E-state index >= 15 is 0 Å². The van der Waals surface area contributed by atoms with Gasteiger partial charge in [0.25, 0.3) is 0 Å². The van der Waals surface area contributed by atoms with Gasteiger partial charge >= 0.3 is 0 Å². The van der Waals surface area contributed by atoms with Crippen LogP contribution >= 0.6 is 15.9 Å². The molecule has 0 aromatic heterocycles. The summed E-state index contributed by atoms with van der Waals surface area (Å²) in [6.45, 7) is 2.08. The number of carbonyl (C=O) groups excluding carboxylic acids is 2. The number of anilines is 1. The van der Waals surface area contributed by atoms with Gasteiger partial charge in [0.2, 0.25) is 0 Å². The highest BCUT2D eigenvalue weighted by molar-refractivity contribution is 9.10. The summed E-state index contributed by atoms with van der Waals surface area (Å²) in [6.07, 6.45) is 9.56. The Morgan fingerprint density at radius 3 is 2.22 bits per heavy atom. The highest BCUT2D eigenvalue weighted by Gasteiger charge is 2.20. The van der Waals surface area contributed by atoms with E-state index in [1.54, 1.807) is 36.4 Å². The van der Waals surface area contributed by atoms with Gasteiger partial charge in [-0.2, -0.15) is 0 Å². The van der Waals surface area contributed by atoms with Crippen molar-refractivity contribution in [3.63, 3.8) is 0 Å². The molecule has 1 saturated heterocycles. The number of allylic oxidation sites excluding steroid dienone is 2. The Labute approximate surface area is 221 Å². The molecule has 1 aliphatic rings. The molecule has 0 bridgehead atoms. The Morgan fingerprint density at radius 2 is 1.56 bits per heavy atom. The molecule has 0 atom stereocenters. The Kier molecular flexibility index (Phi) is 8.90. The van der Waals surface area contributed by atoms with Crippen LogP contribution in [0.15, 0.2) is 89.4 Å². The molecule has 3 aromatic rings.